The number of anilines is 2. The predicted octanol–water partition coefficient (Wildman–Crippen LogP) is 6.26. The highest BCUT2D eigenvalue weighted by Gasteiger charge is 2.24. The summed E-state index contributed by atoms with van der Waals surface area (Å²) in [6, 6.07) is 17.1. The van der Waals surface area contributed by atoms with Crippen LogP contribution in [0.2, 0.25) is 5.02 Å². The number of non-ortho nitro benzene ring substituents is 1. The summed E-state index contributed by atoms with van der Waals surface area (Å²) in [7, 11) is 0. The number of amides is 2. The van der Waals surface area contributed by atoms with E-state index in [0.717, 1.165) is 0 Å². The first-order valence-corrected chi connectivity index (χ1v) is 10.3. The van der Waals surface area contributed by atoms with Crippen LogP contribution >= 0.6 is 27.5 Å². The zero-order chi connectivity index (χ0) is 22.8. The minimum atomic E-state index is -0.634. The van der Waals surface area contributed by atoms with E-state index < -0.39 is 16.7 Å². The lowest BCUT2D eigenvalue weighted by atomic mass is 10.1. The fourth-order valence-corrected chi connectivity index (χ4v) is 3.60. The molecule has 10 heteroatoms. The minimum absolute atomic E-state index is 0.106. The maximum absolute atomic E-state index is 12.9. The summed E-state index contributed by atoms with van der Waals surface area (Å²) in [5.41, 5.74) is 1.02. The van der Waals surface area contributed by atoms with Gasteiger partial charge >= 0.3 is 0 Å². The predicted molar refractivity (Wildman–Crippen MR) is 124 cm³/mol. The molecule has 0 saturated carbocycles. The van der Waals surface area contributed by atoms with E-state index in [4.69, 9.17) is 16.0 Å². The zero-order valence-corrected chi connectivity index (χ0v) is 18.4. The number of rotatable bonds is 5. The summed E-state index contributed by atoms with van der Waals surface area (Å²) >= 11 is 9.47. The maximum atomic E-state index is 12.9. The molecule has 0 fully saturated rings. The number of carbonyl (C=O) groups is 2. The molecule has 8 nitrogen and oxygen atoms in total. The van der Waals surface area contributed by atoms with E-state index in [1.54, 1.807) is 42.5 Å². The van der Waals surface area contributed by atoms with Gasteiger partial charge in [-0.25, -0.2) is 0 Å². The molecule has 3 aromatic carbocycles. The van der Waals surface area contributed by atoms with Gasteiger partial charge < -0.3 is 15.1 Å². The first-order chi connectivity index (χ1) is 15.3. The largest absolute Gasteiger partial charge is 0.449 e. The van der Waals surface area contributed by atoms with Crippen molar-refractivity contribution in [2.24, 2.45) is 0 Å². The van der Waals surface area contributed by atoms with Crippen molar-refractivity contribution in [3.05, 3.63) is 97.7 Å². The second-order valence-corrected chi connectivity index (χ2v) is 7.96. The van der Waals surface area contributed by atoms with Crippen LogP contribution < -0.4 is 10.6 Å². The van der Waals surface area contributed by atoms with Gasteiger partial charge in [0.1, 0.15) is 11.3 Å². The summed E-state index contributed by atoms with van der Waals surface area (Å²) in [6.45, 7) is 0. The second-order valence-electron chi connectivity index (χ2n) is 6.64. The van der Waals surface area contributed by atoms with Crippen LogP contribution in [0.15, 0.2) is 75.6 Å². The van der Waals surface area contributed by atoms with Gasteiger partial charge in [-0.3, -0.25) is 19.7 Å². The molecule has 160 valence electrons. The Morgan fingerprint density at radius 3 is 2.41 bits per heavy atom. The summed E-state index contributed by atoms with van der Waals surface area (Å²) in [5.74, 6) is -1.28. The summed E-state index contributed by atoms with van der Waals surface area (Å²) < 4.78 is 6.38. The van der Waals surface area contributed by atoms with Crippen molar-refractivity contribution in [1.29, 1.82) is 0 Å². The van der Waals surface area contributed by atoms with E-state index in [0.29, 0.717) is 21.1 Å². The minimum Gasteiger partial charge on any atom is -0.449 e. The summed E-state index contributed by atoms with van der Waals surface area (Å²) in [6.07, 6.45) is 0. The molecule has 2 amide bonds. The van der Waals surface area contributed by atoms with Gasteiger partial charge in [-0.15, -0.1) is 0 Å². The Labute approximate surface area is 194 Å². The highest BCUT2D eigenvalue weighted by Crippen LogP contribution is 2.33. The number of para-hydroxylation sites is 1. The van der Waals surface area contributed by atoms with Crippen LogP contribution in [-0.4, -0.2) is 16.7 Å². The molecule has 0 spiro atoms. The fourth-order valence-electron chi connectivity index (χ4n) is 3.04. The van der Waals surface area contributed by atoms with E-state index in [2.05, 4.69) is 26.6 Å². The number of nitrogens with zero attached hydrogens (tertiary/aromatic N) is 1. The SMILES string of the molecule is O=C(Nc1c(C(=O)Nc2ccc([N+](=O)[O-])cc2)oc2ccccc12)c1cc(Br)ccc1Cl. The van der Waals surface area contributed by atoms with Gasteiger partial charge in [-0.2, -0.15) is 0 Å². The molecular weight excluding hydrogens is 502 g/mol. The number of halogens is 2. The summed E-state index contributed by atoms with van der Waals surface area (Å²) in [4.78, 5) is 36.1. The van der Waals surface area contributed by atoms with Crippen LogP contribution in [0.25, 0.3) is 11.0 Å². The van der Waals surface area contributed by atoms with E-state index in [1.807, 2.05) is 0 Å². The fraction of sp³-hybridized carbons (Fsp3) is 0. The van der Waals surface area contributed by atoms with Crippen molar-refractivity contribution in [1.82, 2.24) is 0 Å². The first-order valence-electron chi connectivity index (χ1n) is 9.17. The summed E-state index contributed by atoms with van der Waals surface area (Å²) in [5, 5.41) is 16.9. The van der Waals surface area contributed by atoms with E-state index in [9.17, 15) is 19.7 Å². The van der Waals surface area contributed by atoms with Crippen molar-refractivity contribution >= 4 is 67.4 Å². The number of fused-ring (bicyclic) bond motifs is 1. The Balaban J connectivity index is 1.68. The Morgan fingerprint density at radius 2 is 1.69 bits per heavy atom. The topological polar surface area (TPSA) is 114 Å². The molecule has 4 aromatic rings. The molecule has 0 atom stereocenters. The van der Waals surface area contributed by atoms with Crippen LogP contribution in [0.3, 0.4) is 0 Å². The van der Waals surface area contributed by atoms with Crippen molar-refractivity contribution in [3.63, 3.8) is 0 Å². The Kier molecular flexibility index (Phi) is 5.93. The third kappa shape index (κ3) is 4.34. The molecule has 1 heterocycles. The maximum Gasteiger partial charge on any atom is 0.293 e. The van der Waals surface area contributed by atoms with Gasteiger partial charge in [0, 0.05) is 27.7 Å². The van der Waals surface area contributed by atoms with Crippen LogP contribution in [-0.2, 0) is 0 Å². The second kappa shape index (κ2) is 8.81. The molecule has 0 unspecified atom stereocenters. The van der Waals surface area contributed by atoms with Crippen LogP contribution in [0.5, 0.6) is 0 Å². The lowest BCUT2D eigenvalue weighted by Gasteiger charge is -2.09. The lowest BCUT2D eigenvalue weighted by Crippen LogP contribution is -2.17. The van der Waals surface area contributed by atoms with E-state index in [1.165, 1.54) is 24.3 Å². The number of hydrogen-bond donors (Lipinski definition) is 2. The van der Waals surface area contributed by atoms with Crippen LogP contribution in [0.4, 0.5) is 17.1 Å². The van der Waals surface area contributed by atoms with Crippen molar-refractivity contribution in [2.45, 2.75) is 0 Å². The van der Waals surface area contributed by atoms with Gasteiger partial charge in [-0.1, -0.05) is 39.7 Å². The molecule has 0 radical (unpaired) electrons. The van der Waals surface area contributed by atoms with Crippen molar-refractivity contribution < 1.29 is 18.9 Å². The normalized spacial score (nSPS) is 10.7. The standard InChI is InChI=1S/C22H13BrClN3O5/c23-12-5-10-17(24)16(11-12)21(28)26-19-15-3-1-2-4-18(15)32-20(19)22(29)25-13-6-8-14(9-7-13)27(30)31/h1-11H,(H,25,29)(H,26,28). The average Bonchev–Trinajstić information content (AvgIpc) is 3.14. The molecule has 0 aliphatic rings. The van der Waals surface area contributed by atoms with Gasteiger partial charge in [-0.05, 0) is 42.5 Å². The number of nitro benzene ring substituents is 1. The van der Waals surface area contributed by atoms with Gasteiger partial charge in [0.15, 0.2) is 0 Å². The van der Waals surface area contributed by atoms with Gasteiger partial charge in [0.05, 0.1) is 15.5 Å². The molecular formula is C22H13BrClN3O5. The highest BCUT2D eigenvalue weighted by atomic mass is 79.9. The van der Waals surface area contributed by atoms with Crippen molar-refractivity contribution in [3.8, 4) is 0 Å². The van der Waals surface area contributed by atoms with E-state index in [-0.39, 0.29) is 27.7 Å². The monoisotopic (exact) mass is 513 g/mol. The smallest absolute Gasteiger partial charge is 0.293 e. The lowest BCUT2D eigenvalue weighted by molar-refractivity contribution is -0.384. The van der Waals surface area contributed by atoms with Crippen LogP contribution in [0.1, 0.15) is 20.9 Å². The van der Waals surface area contributed by atoms with Crippen molar-refractivity contribution in [2.75, 3.05) is 10.6 Å². The molecule has 0 bridgehead atoms. The number of nitro groups is 1. The molecule has 4 rings (SSSR count). The highest BCUT2D eigenvalue weighted by molar-refractivity contribution is 9.10. The zero-order valence-electron chi connectivity index (χ0n) is 16.1. The van der Waals surface area contributed by atoms with Crippen LogP contribution in [0, 0.1) is 10.1 Å². The number of hydrogen-bond acceptors (Lipinski definition) is 5. The molecule has 0 saturated heterocycles. The average molecular weight is 515 g/mol. The van der Waals surface area contributed by atoms with E-state index >= 15 is 0 Å². The van der Waals surface area contributed by atoms with Gasteiger partial charge in [0.2, 0.25) is 5.76 Å². The number of benzene rings is 3. The molecule has 0 aliphatic heterocycles. The Bertz CT molecular complexity index is 1370. The number of nitrogens with one attached hydrogen (secondary N) is 2. The number of carbonyl (C=O) groups excluding carboxylic acids is 2. The van der Waals surface area contributed by atoms with Gasteiger partial charge in [0.25, 0.3) is 17.5 Å². The third-order valence-corrected chi connectivity index (χ3v) is 5.37. The quantitative estimate of drug-likeness (QED) is 0.241. The third-order valence-electron chi connectivity index (χ3n) is 4.55. The molecule has 0 aliphatic carbocycles. The Morgan fingerprint density at radius 1 is 0.969 bits per heavy atom. The number of furan rings is 1. The molecule has 1 aromatic heterocycles. The molecule has 32 heavy (non-hydrogen) atoms. The Hall–Kier alpha value is -3.69. The first kappa shape index (κ1) is 21.5. The molecule has 2 N–H and O–H groups in total.